The predicted molar refractivity (Wildman–Crippen MR) is 34.5 cm³/mol. The molecule has 0 aliphatic heterocycles. The quantitative estimate of drug-likeness (QED) is 0.275. The van der Waals surface area contributed by atoms with Gasteiger partial charge >= 0.3 is 11.9 Å². The standard InChI is InChI=1S/C6H8O5/c1-2-10-5(7)3-4-6(8)11-9/h3-4,9H,2H2,1H3. The Labute approximate surface area is 63.1 Å². The summed E-state index contributed by atoms with van der Waals surface area (Å²) >= 11 is 0. The minimum absolute atomic E-state index is 0.233. The molecule has 0 heterocycles. The SMILES string of the molecule is CCOC(=O)C=CC(=O)OO. The van der Waals surface area contributed by atoms with E-state index in [0.29, 0.717) is 0 Å². The van der Waals surface area contributed by atoms with Crippen LogP contribution in [0.2, 0.25) is 0 Å². The van der Waals surface area contributed by atoms with E-state index in [-0.39, 0.29) is 6.61 Å². The largest absolute Gasteiger partial charge is 0.463 e. The maximum atomic E-state index is 10.5. The number of hydrogen-bond donors (Lipinski definition) is 1. The third-order valence-electron chi connectivity index (χ3n) is 0.732. The van der Waals surface area contributed by atoms with E-state index in [1.807, 2.05) is 0 Å². The second-order valence-electron chi connectivity index (χ2n) is 1.50. The Bertz CT molecular complexity index is 172. The number of rotatable bonds is 3. The average molecular weight is 160 g/mol. The average Bonchev–Trinajstić information content (AvgIpc) is 2.01. The van der Waals surface area contributed by atoms with Crippen LogP contribution in [0.15, 0.2) is 12.2 Å². The number of esters is 1. The highest BCUT2D eigenvalue weighted by Gasteiger charge is 1.97. The van der Waals surface area contributed by atoms with Gasteiger partial charge in [0.25, 0.3) is 0 Å². The van der Waals surface area contributed by atoms with Crippen LogP contribution in [0.3, 0.4) is 0 Å². The van der Waals surface area contributed by atoms with Crippen molar-refractivity contribution < 1.29 is 24.5 Å². The van der Waals surface area contributed by atoms with Crippen LogP contribution in [-0.2, 0) is 19.2 Å². The Balaban J connectivity index is 3.73. The van der Waals surface area contributed by atoms with E-state index in [2.05, 4.69) is 9.62 Å². The van der Waals surface area contributed by atoms with Crippen LogP contribution in [0, 0.1) is 0 Å². The minimum atomic E-state index is -1.02. The predicted octanol–water partition coefficient (Wildman–Crippen LogP) is 0.122. The minimum Gasteiger partial charge on any atom is -0.463 e. The second-order valence-corrected chi connectivity index (χ2v) is 1.50. The molecule has 0 atom stereocenters. The van der Waals surface area contributed by atoms with Crippen LogP contribution < -0.4 is 0 Å². The van der Waals surface area contributed by atoms with Gasteiger partial charge in [-0.3, -0.25) is 4.89 Å². The lowest BCUT2D eigenvalue weighted by Gasteiger charge is -1.92. The molecule has 0 radical (unpaired) electrons. The highest BCUT2D eigenvalue weighted by molar-refractivity contribution is 5.91. The highest BCUT2D eigenvalue weighted by Crippen LogP contribution is 1.82. The smallest absolute Gasteiger partial charge is 0.365 e. The molecule has 0 unspecified atom stereocenters. The molecule has 0 saturated heterocycles. The zero-order valence-electron chi connectivity index (χ0n) is 5.94. The van der Waals surface area contributed by atoms with Crippen LogP contribution in [0.25, 0.3) is 0 Å². The topological polar surface area (TPSA) is 72.8 Å². The summed E-state index contributed by atoms with van der Waals surface area (Å²) < 4.78 is 4.42. The maximum Gasteiger partial charge on any atom is 0.365 e. The molecular weight excluding hydrogens is 152 g/mol. The Kier molecular flexibility index (Phi) is 4.76. The van der Waals surface area contributed by atoms with Crippen molar-refractivity contribution >= 4 is 11.9 Å². The van der Waals surface area contributed by atoms with Gasteiger partial charge in [-0.15, -0.1) is 0 Å². The van der Waals surface area contributed by atoms with Crippen molar-refractivity contribution in [3.63, 3.8) is 0 Å². The zero-order valence-corrected chi connectivity index (χ0v) is 5.94. The highest BCUT2D eigenvalue weighted by atomic mass is 17.1. The molecule has 5 nitrogen and oxygen atoms in total. The monoisotopic (exact) mass is 160 g/mol. The van der Waals surface area contributed by atoms with Gasteiger partial charge in [-0.2, -0.15) is 5.26 Å². The van der Waals surface area contributed by atoms with Crippen LogP contribution in [0.4, 0.5) is 0 Å². The van der Waals surface area contributed by atoms with Crippen LogP contribution in [0.1, 0.15) is 6.92 Å². The van der Waals surface area contributed by atoms with Crippen LogP contribution in [0.5, 0.6) is 0 Å². The van der Waals surface area contributed by atoms with Crippen molar-refractivity contribution in [2.45, 2.75) is 6.92 Å². The van der Waals surface area contributed by atoms with Crippen molar-refractivity contribution in [1.29, 1.82) is 0 Å². The number of hydrogen-bond acceptors (Lipinski definition) is 5. The summed E-state index contributed by atoms with van der Waals surface area (Å²) in [6.45, 7) is 1.87. The first-order valence-electron chi connectivity index (χ1n) is 2.91. The van der Waals surface area contributed by atoms with Gasteiger partial charge in [0.2, 0.25) is 0 Å². The summed E-state index contributed by atoms with van der Waals surface area (Å²) in [4.78, 5) is 23.9. The summed E-state index contributed by atoms with van der Waals surface area (Å²) in [5.74, 6) is -1.67. The van der Waals surface area contributed by atoms with Crippen molar-refractivity contribution in [3.05, 3.63) is 12.2 Å². The molecule has 0 aromatic rings. The van der Waals surface area contributed by atoms with E-state index >= 15 is 0 Å². The van der Waals surface area contributed by atoms with E-state index < -0.39 is 11.9 Å². The fourth-order valence-corrected chi connectivity index (χ4v) is 0.357. The Morgan fingerprint density at radius 3 is 2.36 bits per heavy atom. The third-order valence-corrected chi connectivity index (χ3v) is 0.732. The van der Waals surface area contributed by atoms with Gasteiger partial charge in [0.05, 0.1) is 6.61 Å². The summed E-state index contributed by atoms with van der Waals surface area (Å²) in [7, 11) is 0. The molecule has 0 fully saturated rings. The van der Waals surface area contributed by atoms with Gasteiger partial charge in [0, 0.05) is 12.2 Å². The van der Waals surface area contributed by atoms with Gasteiger partial charge in [-0.25, -0.2) is 9.59 Å². The molecule has 0 amide bonds. The van der Waals surface area contributed by atoms with Gasteiger partial charge in [0.15, 0.2) is 0 Å². The number of ether oxygens (including phenoxy) is 1. The zero-order chi connectivity index (χ0) is 8.69. The summed E-state index contributed by atoms with van der Waals surface area (Å²) in [6, 6.07) is 0. The van der Waals surface area contributed by atoms with Gasteiger partial charge in [-0.05, 0) is 6.92 Å². The molecular formula is C6H8O5. The lowest BCUT2D eigenvalue weighted by molar-refractivity contribution is -0.228. The Morgan fingerprint density at radius 2 is 1.91 bits per heavy atom. The molecule has 1 N–H and O–H groups in total. The third kappa shape index (κ3) is 5.10. The molecule has 0 bridgehead atoms. The van der Waals surface area contributed by atoms with Crippen LogP contribution >= 0.6 is 0 Å². The first-order valence-corrected chi connectivity index (χ1v) is 2.91. The van der Waals surface area contributed by atoms with Gasteiger partial charge < -0.3 is 4.74 Å². The van der Waals surface area contributed by atoms with Gasteiger partial charge in [-0.1, -0.05) is 0 Å². The van der Waals surface area contributed by atoms with Crippen molar-refractivity contribution in [1.82, 2.24) is 0 Å². The van der Waals surface area contributed by atoms with Crippen LogP contribution in [-0.4, -0.2) is 23.8 Å². The summed E-state index contributed by atoms with van der Waals surface area (Å²) in [6.07, 6.45) is 1.63. The lowest BCUT2D eigenvalue weighted by Crippen LogP contribution is -2.02. The van der Waals surface area contributed by atoms with Crippen molar-refractivity contribution in [2.24, 2.45) is 0 Å². The van der Waals surface area contributed by atoms with E-state index in [9.17, 15) is 9.59 Å². The first-order chi connectivity index (χ1) is 5.20. The normalized spacial score (nSPS) is 9.64. The maximum absolute atomic E-state index is 10.5. The fourth-order valence-electron chi connectivity index (χ4n) is 0.357. The molecule has 11 heavy (non-hydrogen) atoms. The molecule has 0 spiro atoms. The fraction of sp³-hybridized carbons (Fsp3) is 0.333. The Morgan fingerprint density at radius 1 is 1.36 bits per heavy atom. The van der Waals surface area contributed by atoms with E-state index in [4.69, 9.17) is 5.26 Å². The molecule has 0 saturated carbocycles. The van der Waals surface area contributed by atoms with E-state index in [1.54, 1.807) is 6.92 Å². The molecule has 0 aromatic heterocycles. The molecule has 0 aromatic carbocycles. The molecule has 62 valence electrons. The molecule has 0 aliphatic rings. The van der Waals surface area contributed by atoms with E-state index in [1.165, 1.54) is 0 Å². The lowest BCUT2D eigenvalue weighted by atomic mass is 10.5. The molecule has 0 aliphatic carbocycles. The first kappa shape index (κ1) is 9.64. The van der Waals surface area contributed by atoms with Gasteiger partial charge in [0.1, 0.15) is 0 Å². The summed E-state index contributed by atoms with van der Waals surface area (Å²) in [5.41, 5.74) is 0. The van der Waals surface area contributed by atoms with Crippen molar-refractivity contribution in [3.8, 4) is 0 Å². The number of carbonyl (C=O) groups is 2. The van der Waals surface area contributed by atoms with Crippen molar-refractivity contribution in [2.75, 3.05) is 6.61 Å². The van der Waals surface area contributed by atoms with E-state index in [0.717, 1.165) is 12.2 Å². The molecule has 5 heteroatoms. The molecule has 0 rings (SSSR count). The number of carbonyl (C=O) groups excluding carboxylic acids is 2. The second kappa shape index (κ2) is 5.43. The Hall–Kier alpha value is -1.36. The summed E-state index contributed by atoms with van der Waals surface area (Å²) in [5, 5.41) is 7.72.